The van der Waals surface area contributed by atoms with E-state index < -0.39 is 0 Å². The fourth-order valence-electron chi connectivity index (χ4n) is 3.16. The second-order valence-corrected chi connectivity index (χ2v) is 6.89. The maximum absolute atomic E-state index is 12.3. The second kappa shape index (κ2) is 8.17. The lowest BCUT2D eigenvalue weighted by Crippen LogP contribution is -2.52. The normalized spacial score (nSPS) is 19.0. The Labute approximate surface area is 143 Å². The lowest BCUT2D eigenvalue weighted by atomic mass is 10.1. The molecule has 134 valence electrons. The van der Waals surface area contributed by atoms with Gasteiger partial charge < -0.3 is 15.5 Å². The molecule has 2 heterocycles. The van der Waals surface area contributed by atoms with Crippen LogP contribution in [0.25, 0.3) is 0 Å². The minimum absolute atomic E-state index is 0.0410. The summed E-state index contributed by atoms with van der Waals surface area (Å²) in [5, 5.41) is 10.4. The van der Waals surface area contributed by atoms with E-state index in [-0.39, 0.29) is 18.0 Å². The predicted octanol–water partition coefficient (Wildman–Crippen LogP) is 1.45. The van der Waals surface area contributed by atoms with Gasteiger partial charge in [-0.05, 0) is 38.7 Å². The third-order valence-corrected chi connectivity index (χ3v) is 4.31. The van der Waals surface area contributed by atoms with Crippen molar-refractivity contribution in [2.75, 3.05) is 19.6 Å². The van der Waals surface area contributed by atoms with Crippen molar-refractivity contribution in [3.05, 3.63) is 17.5 Å². The van der Waals surface area contributed by atoms with E-state index >= 15 is 0 Å². The van der Waals surface area contributed by atoms with Crippen molar-refractivity contribution >= 4 is 11.9 Å². The van der Waals surface area contributed by atoms with Gasteiger partial charge in [0.05, 0.1) is 5.69 Å². The number of nitrogens with one attached hydrogen (secondary N) is 2. The zero-order valence-corrected chi connectivity index (χ0v) is 15.1. The molecular formula is C17H29N5O2. The highest BCUT2D eigenvalue weighted by atomic mass is 16.2. The van der Waals surface area contributed by atoms with Crippen LogP contribution >= 0.6 is 0 Å². The highest BCUT2D eigenvalue weighted by Crippen LogP contribution is 2.11. The first kappa shape index (κ1) is 18.3. The Kier molecular flexibility index (Phi) is 6.23. The Morgan fingerprint density at radius 2 is 2.17 bits per heavy atom. The van der Waals surface area contributed by atoms with E-state index in [1.807, 2.05) is 18.5 Å². The van der Waals surface area contributed by atoms with Gasteiger partial charge in [0.2, 0.25) is 5.91 Å². The van der Waals surface area contributed by atoms with E-state index in [0.29, 0.717) is 19.0 Å². The van der Waals surface area contributed by atoms with Crippen LogP contribution < -0.4 is 10.6 Å². The van der Waals surface area contributed by atoms with Crippen molar-refractivity contribution in [3.63, 3.8) is 0 Å². The Balaban J connectivity index is 1.77. The molecule has 7 heteroatoms. The predicted molar refractivity (Wildman–Crippen MR) is 92.7 cm³/mol. The highest BCUT2D eigenvalue weighted by Gasteiger charge is 2.24. The van der Waals surface area contributed by atoms with Gasteiger partial charge in [0.1, 0.15) is 0 Å². The molecular weight excluding hydrogens is 306 g/mol. The number of urea groups is 1. The van der Waals surface area contributed by atoms with Crippen LogP contribution in [0.3, 0.4) is 0 Å². The number of carbonyl (C=O) groups is 2. The van der Waals surface area contributed by atoms with Crippen molar-refractivity contribution in [2.24, 2.45) is 5.92 Å². The van der Waals surface area contributed by atoms with Crippen LogP contribution in [0.2, 0.25) is 0 Å². The van der Waals surface area contributed by atoms with Gasteiger partial charge >= 0.3 is 6.03 Å². The minimum Gasteiger partial charge on any atom is -0.352 e. The van der Waals surface area contributed by atoms with Gasteiger partial charge in [-0.3, -0.25) is 9.48 Å². The molecule has 0 unspecified atom stereocenters. The molecule has 2 N–H and O–H groups in total. The summed E-state index contributed by atoms with van der Waals surface area (Å²) in [6, 6.07) is 2.07. The van der Waals surface area contributed by atoms with Crippen LogP contribution in [-0.4, -0.2) is 52.3 Å². The fraction of sp³-hybridized carbons (Fsp3) is 0.706. The third kappa shape index (κ3) is 5.25. The molecule has 7 nitrogen and oxygen atoms in total. The summed E-state index contributed by atoms with van der Waals surface area (Å²) < 4.78 is 1.99. The highest BCUT2D eigenvalue weighted by molar-refractivity contribution is 5.75. The van der Waals surface area contributed by atoms with Crippen LogP contribution in [0, 0.1) is 19.8 Å². The summed E-state index contributed by atoms with van der Waals surface area (Å²) in [7, 11) is 0. The average molecular weight is 335 g/mol. The molecule has 0 aromatic carbocycles. The molecule has 0 saturated carbocycles. The van der Waals surface area contributed by atoms with Gasteiger partial charge in [0.25, 0.3) is 0 Å². The molecule has 1 fully saturated rings. The number of rotatable bonds is 5. The first-order chi connectivity index (χ1) is 11.3. The van der Waals surface area contributed by atoms with Gasteiger partial charge in [-0.2, -0.15) is 5.10 Å². The zero-order chi connectivity index (χ0) is 17.7. The van der Waals surface area contributed by atoms with Crippen LogP contribution in [0.5, 0.6) is 0 Å². The van der Waals surface area contributed by atoms with E-state index in [0.717, 1.165) is 37.3 Å². The third-order valence-electron chi connectivity index (χ3n) is 4.31. The number of piperidine rings is 1. The van der Waals surface area contributed by atoms with E-state index in [9.17, 15) is 9.59 Å². The number of carbonyl (C=O) groups excluding carboxylic acids is 2. The summed E-state index contributed by atoms with van der Waals surface area (Å²) in [6.45, 7) is 10.4. The van der Waals surface area contributed by atoms with Crippen LogP contribution in [0.4, 0.5) is 4.79 Å². The van der Waals surface area contributed by atoms with Crippen molar-refractivity contribution < 1.29 is 9.59 Å². The van der Waals surface area contributed by atoms with Gasteiger partial charge in [-0.15, -0.1) is 0 Å². The molecule has 0 bridgehead atoms. The molecule has 24 heavy (non-hydrogen) atoms. The number of amides is 3. The smallest absolute Gasteiger partial charge is 0.317 e. The summed E-state index contributed by atoms with van der Waals surface area (Å²) in [4.78, 5) is 25.3. The number of hydrogen-bond acceptors (Lipinski definition) is 3. The molecule has 2 rings (SSSR count). The van der Waals surface area contributed by atoms with Crippen LogP contribution in [0.1, 0.15) is 38.1 Å². The number of aromatic nitrogens is 2. The standard InChI is InChI=1S/C17H29N5O2/c1-12(10-22-14(3)8-13(2)20-22)9-18-17(24)21-7-5-6-16(11-21)19-15(4)23/h8,12,16H,5-7,9-11H2,1-4H3,(H,18,24)(H,19,23)/t12-,16+/m0/s1. The molecule has 1 aromatic heterocycles. The van der Waals surface area contributed by atoms with Crippen molar-refractivity contribution in [1.29, 1.82) is 0 Å². The van der Waals surface area contributed by atoms with E-state index in [4.69, 9.17) is 0 Å². The molecule has 2 atom stereocenters. The Bertz CT molecular complexity index is 584. The summed E-state index contributed by atoms with van der Waals surface area (Å²) in [5.41, 5.74) is 2.15. The Morgan fingerprint density at radius 3 is 2.79 bits per heavy atom. The van der Waals surface area contributed by atoms with Gasteiger partial charge in [0, 0.05) is 44.8 Å². The van der Waals surface area contributed by atoms with E-state index in [1.54, 1.807) is 4.90 Å². The van der Waals surface area contributed by atoms with Crippen LogP contribution in [-0.2, 0) is 11.3 Å². The zero-order valence-electron chi connectivity index (χ0n) is 15.1. The maximum atomic E-state index is 12.3. The monoisotopic (exact) mass is 335 g/mol. The van der Waals surface area contributed by atoms with E-state index in [1.165, 1.54) is 6.92 Å². The SMILES string of the molecule is CC(=O)N[C@@H]1CCCN(C(=O)NC[C@H](C)Cn2nc(C)cc2C)C1. The molecule has 1 aliphatic heterocycles. The Morgan fingerprint density at radius 1 is 1.42 bits per heavy atom. The molecule has 0 aliphatic carbocycles. The average Bonchev–Trinajstić information content (AvgIpc) is 2.82. The molecule has 0 radical (unpaired) electrons. The summed E-state index contributed by atoms with van der Waals surface area (Å²) in [5.74, 6) is 0.253. The lowest BCUT2D eigenvalue weighted by Gasteiger charge is -2.33. The quantitative estimate of drug-likeness (QED) is 0.855. The summed E-state index contributed by atoms with van der Waals surface area (Å²) >= 11 is 0. The summed E-state index contributed by atoms with van der Waals surface area (Å²) in [6.07, 6.45) is 1.84. The molecule has 3 amide bonds. The van der Waals surface area contributed by atoms with E-state index in [2.05, 4.69) is 28.7 Å². The Hall–Kier alpha value is -2.05. The number of hydrogen-bond donors (Lipinski definition) is 2. The fourth-order valence-corrected chi connectivity index (χ4v) is 3.16. The molecule has 1 saturated heterocycles. The van der Waals surface area contributed by atoms with Gasteiger partial charge in [-0.25, -0.2) is 4.79 Å². The minimum atomic E-state index is -0.0507. The van der Waals surface area contributed by atoms with Gasteiger partial charge in [0.15, 0.2) is 0 Å². The lowest BCUT2D eigenvalue weighted by molar-refractivity contribution is -0.119. The second-order valence-electron chi connectivity index (χ2n) is 6.89. The number of likely N-dealkylation sites (tertiary alicyclic amines) is 1. The molecule has 0 spiro atoms. The molecule has 1 aromatic rings. The first-order valence-electron chi connectivity index (χ1n) is 8.66. The van der Waals surface area contributed by atoms with Crippen molar-refractivity contribution in [1.82, 2.24) is 25.3 Å². The number of nitrogens with zero attached hydrogens (tertiary/aromatic N) is 3. The van der Waals surface area contributed by atoms with Gasteiger partial charge in [-0.1, -0.05) is 6.92 Å². The van der Waals surface area contributed by atoms with Crippen molar-refractivity contribution in [2.45, 2.75) is 53.1 Å². The first-order valence-corrected chi connectivity index (χ1v) is 8.66. The molecule has 1 aliphatic rings. The maximum Gasteiger partial charge on any atom is 0.317 e. The van der Waals surface area contributed by atoms with Crippen LogP contribution in [0.15, 0.2) is 6.07 Å². The topological polar surface area (TPSA) is 79.3 Å². The number of aryl methyl sites for hydroxylation is 2. The van der Waals surface area contributed by atoms with Crippen molar-refractivity contribution in [3.8, 4) is 0 Å². The largest absolute Gasteiger partial charge is 0.352 e.